The molecule has 1 heterocycles. The molecule has 0 radical (unpaired) electrons. The first kappa shape index (κ1) is 15.5. The van der Waals surface area contributed by atoms with E-state index in [1.165, 1.54) is 22.1 Å². The normalized spacial score (nSPS) is 11.4. The number of carboxylic acids is 1. The summed E-state index contributed by atoms with van der Waals surface area (Å²) in [5, 5.41) is 8.63. The van der Waals surface area contributed by atoms with Crippen LogP contribution in [0.5, 0.6) is 0 Å². The van der Waals surface area contributed by atoms with Crippen LogP contribution in [0.15, 0.2) is 42.5 Å². The van der Waals surface area contributed by atoms with Crippen LogP contribution in [0, 0.1) is 6.92 Å². The lowest BCUT2D eigenvalue weighted by Gasteiger charge is -2.17. The van der Waals surface area contributed by atoms with E-state index in [9.17, 15) is 4.79 Å². The molecule has 3 nitrogen and oxygen atoms in total. The summed E-state index contributed by atoms with van der Waals surface area (Å²) in [6.07, 6.45) is 2.81. The molecule has 1 aromatic heterocycles. The fraction of sp³-hybridized carbons (Fsp3) is 0.235. The van der Waals surface area contributed by atoms with Gasteiger partial charge in [0, 0.05) is 28.9 Å². The van der Waals surface area contributed by atoms with Crippen molar-refractivity contribution in [1.29, 1.82) is 0 Å². The van der Waals surface area contributed by atoms with Gasteiger partial charge < -0.3 is 5.11 Å². The average molecular weight is 301 g/mol. The lowest BCUT2D eigenvalue weighted by Crippen LogP contribution is -2.17. The van der Waals surface area contributed by atoms with Gasteiger partial charge in [0.05, 0.1) is 0 Å². The first-order valence-electron chi connectivity index (χ1n) is 6.77. The highest BCUT2D eigenvalue weighted by Crippen LogP contribution is 2.20. The molecule has 0 atom stereocenters. The fourth-order valence-electron chi connectivity index (χ4n) is 2.12. The largest absolute Gasteiger partial charge is 0.478 e. The summed E-state index contributed by atoms with van der Waals surface area (Å²) >= 11 is 1.63. The molecule has 2 rings (SSSR count). The van der Waals surface area contributed by atoms with Crippen LogP contribution in [0.2, 0.25) is 0 Å². The molecule has 0 saturated heterocycles. The van der Waals surface area contributed by atoms with Crippen molar-refractivity contribution >= 4 is 23.4 Å². The van der Waals surface area contributed by atoms with Gasteiger partial charge in [0.25, 0.3) is 0 Å². The standard InChI is InChI=1S/C17H19NO2S/c1-13-5-3-4-6-14(13)11-18(2)12-16-8-7-15(21-16)9-10-17(19)20/h3-10H,11-12H2,1-2H3,(H,19,20). The van der Waals surface area contributed by atoms with Crippen molar-refractivity contribution in [1.82, 2.24) is 4.90 Å². The summed E-state index contributed by atoms with van der Waals surface area (Å²) in [4.78, 5) is 15.0. The van der Waals surface area contributed by atoms with E-state index in [2.05, 4.69) is 49.2 Å². The van der Waals surface area contributed by atoms with Crippen LogP contribution in [0.1, 0.15) is 20.9 Å². The van der Waals surface area contributed by atoms with E-state index in [0.29, 0.717) is 0 Å². The number of hydrogen-bond acceptors (Lipinski definition) is 3. The van der Waals surface area contributed by atoms with Crippen molar-refractivity contribution in [3.05, 3.63) is 63.4 Å². The quantitative estimate of drug-likeness (QED) is 0.825. The minimum atomic E-state index is -0.915. The third-order valence-electron chi connectivity index (χ3n) is 3.20. The number of carbonyl (C=O) groups is 1. The van der Waals surface area contributed by atoms with Crippen molar-refractivity contribution in [3.63, 3.8) is 0 Å². The molecular weight excluding hydrogens is 282 g/mol. The third-order valence-corrected chi connectivity index (χ3v) is 4.24. The molecule has 0 aliphatic rings. The number of aliphatic carboxylic acids is 1. The second-order valence-corrected chi connectivity index (χ2v) is 6.27. The Morgan fingerprint density at radius 2 is 2.00 bits per heavy atom. The molecule has 21 heavy (non-hydrogen) atoms. The van der Waals surface area contributed by atoms with Gasteiger partial charge in [-0.2, -0.15) is 0 Å². The van der Waals surface area contributed by atoms with Gasteiger partial charge in [-0.3, -0.25) is 4.90 Å². The number of aryl methyl sites for hydroxylation is 1. The molecule has 0 aliphatic carbocycles. The molecular formula is C17H19NO2S. The Morgan fingerprint density at radius 3 is 2.71 bits per heavy atom. The molecule has 1 aromatic carbocycles. The van der Waals surface area contributed by atoms with Crippen molar-refractivity contribution in [3.8, 4) is 0 Å². The number of hydrogen-bond donors (Lipinski definition) is 1. The maximum absolute atomic E-state index is 10.5. The lowest BCUT2D eigenvalue weighted by molar-refractivity contribution is -0.131. The highest BCUT2D eigenvalue weighted by Gasteiger charge is 2.05. The van der Waals surface area contributed by atoms with E-state index in [1.807, 2.05) is 6.07 Å². The van der Waals surface area contributed by atoms with Gasteiger partial charge in [-0.05, 0) is 43.3 Å². The maximum atomic E-state index is 10.5. The third kappa shape index (κ3) is 4.85. The Labute approximate surface area is 129 Å². The number of nitrogens with zero attached hydrogens (tertiary/aromatic N) is 1. The number of thiophene rings is 1. The lowest BCUT2D eigenvalue weighted by atomic mass is 10.1. The van der Waals surface area contributed by atoms with Crippen LogP contribution in [-0.2, 0) is 17.9 Å². The Balaban J connectivity index is 1.95. The predicted octanol–water partition coefficient (Wildman–Crippen LogP) is 3.79. The molecule has 0 saturated carbocycles. The van der Waals surface area contributed by atoms with Gasteiger partial charge in [0.15, 0.2) is 0 Å². The van der Waals surface area contributed by atoms with E-state index in [-0.39, 0.29) is 0 Å². The van der Waals surface area contributed by atoms with Crippen LogP contribution < -0.4 is 0 Å². The summed E-state index contributed by atoms with van der Waals surface area (Å²) < 4.78 is 0. The van der Waals surface area contributed by atoms with Crippen LogP contribution in [0.25, 0.3) is 6.08 Å². The Kier molecular flexibility index (Phi) is 5.31. The molecule has 2 aromatic rings. The first-order valence-corrected chi connectivity index (χ1v) is 7.59. The Hall–Kier alpha value is -1.91. The number of carboxylic acid groups (broad SMARTS) is 1. The molecule has 4 heteroatoms. The average Bonchev–Trinajstić information content (AvgIpc) is 2.86. The first-order chi connectivity index (χ1) is 10.0. The van der Waals surface area contributed by atoms with Crippen molar-refractivity contribution in [2.24, 2.45) is 0 Å². The van der Waals surface area contributed by atoms with Crippen molar-refractivity contribution < 1.29 is 9.90 Å². The van der Waals surface area contributed by atoms with Gasteiger partial charge in [0.1, 0.15) is 0 Å². The number of benzene rings is 1. The minimum absolute atomic E-state index is 0.861. The predicted molar refractivity (Wildman–Crippen MR) is 87.3 cm³/mol. The minimum Gasteiger partial charge on any atom is -0.478 e. The van der Waals surface area contributed by atoms with Crippen molar-refractivity contribution in [2.75, 3.05) is 7.05 Å². The van der Waals surface area contributed by atoms with Gasteiger partial charge in [-0.25, -0.2) is 4.79 Å². The molecule has 0 unspecified atom stereocenters. The van der Waals surface area contributed by atoms with Gasteiger partial charge in [0.2, 0.25) is 0 Å². The van der Waals surface area contributed by atoms with Crippen molar-refractivity contribution in [2.45, 2.75) is 20.0 Å². The van der Waals surface area contributed by atoms with Crippen LogP contribution >= 0.6 is 11.3 Å². The molecule has 0 spiro atoms. The van der Waals surface area contributed by atoms with E-state index in [1.54, 1.807) is 17.4 Å². The molecule has 1 N–H and O–H groups in total. The smallest absolute Gasteiger partial charge is 0.328 e. The van der Waals surface area contributed by atoms with Gasteiger partial charge >= 0.3 is 5.97 Å². The summed E-state index contributed by atoms with van der Waals surface area (Å²) in [6.45, 7) is 3.90. The Bertz CT molecular complexity index is 646. The summed E-state index contributed by atoms with van der Waals surface area (Å²) in [6, 6.07) is 12.4. The van der Waals surface area contributed by atoms with Crippen LogP contribution in [0.4, 0.5) is 0 Å². The van der Waals surface area contributed by atoms with Crippen LogP contribution in [0.3, 0.4) is 0 Å². The molecule has 0 aliphatic heterocycles. The van der Waals surface area contributed by atoms with E-state index >= 15 is 0 Å². The van der Waals surface area contributed by atoms with E-state index in [0.717, 1.165) is 18.0 Å². The second kappa shape index (κ2) is 7.20. The Morgan fingerprint density at radius 1 is 1.24 bits per heavy atom. The van der Waals surface area contributed by atoms with Gasteiger partial charge in [-0.1, -0.05) is 24.3 Å². The molecule has 0 bridgehead atoms. The van der Waals surface area contributed by atoms with Gasteiger partial charge in [-0.15, -0.1) is 11.3 Å². The molecule has 110 valence electrons. The van der Waals surface area contributed by atoms with E-state index in [4.69, 9.17) is 5.11 Å². The monoisotopic (exact) mass is 301 g/mol. The zero-order valence-electron chi connectivity index (χ0n) is 12.2. The zero-order chi connectivity index (χ0) is 15.2. The maximum Gasteiger partial charge on any atom is 0.328 e. The summed E-state index contributed by atoms with van der Waals surface area (Å²) in [5.41, 5.74) is 2.64. The summed E-state index contributed by atoms with van der Waals surface area (Å²) in [7, 11) is 2.10. The highest BCUT2D eigenvalue weighted by molar-refractivity contribution is 7.12. The molecule has 0 amide bonds. The number of rotatable bonds is 6. The fourth-order valence-corrected chi connectivity index (χ4v) is 3.12. The summed E-state index contributed by atoms with van der Waals surface area (Å²) in [5.74, 6) is -0.915. The van der Waals surface area contributed by atoms with Crippen LogP contribution in [-0.4, -0.2) is 23.0 Å². The highest BCUT2D eigenvalue weighted by atomic mass is 32.1. The van der Waals surface area contributed by atoms with E-state index < -0.39 is 5.97 Å². The second-order valence-electron chi connectivity index (χ2n) is 5.07. The molecule has 0 fully saturated rings. The topological polar surface area (TPSA) is 40.5 Å². The zero-order valence-corrected chi connectivity index (χ0v) is 13.1. The SMILES string of the molecule is Cc1ccccc1CN(C)Cc1ccc(C=CC(=O)O)s1.